The third kappa shape index (κ3) is 3.45. The summed E-state index contributed by atoms with van der Waals surface area (Å²) in [5, 5.41) is 3.30. The second-order valence-electron chi connectivity index (χ2n) is 4.60. The predicted octanol–water partition coefficient (Wildman–Crippen LogP) is 4.10. The molecule has 0 atom stereocenters. The van der Waals surface area contributed by atoms with E-state index in [0.717, 1.165) is 5.56 Å². The van der Waals surface area contributed by atoms with Crippen LogP contribution in [0, 0.1) is 6.92 Å². The van der Waals surface area contributed by atoms with Gasteiger partial charge in [0.2, 0.25) is 0 Å². The van der Waals surface area contributed by atoms with Crippen LogP contribution in [-0.4, -0.2) is 11.7 Å². The van der Waals surface area contributed by atoms with Crippen molar-refractivity contribution in [1.29, 1.82) is 0 Å². The SMILES string of the molecule is CC(=O)c1ccc(NC(=O)c2cc(C)cc(Cl)c2)cc1. The summed E-state index contributed by atoms with van der Waals surface area (Å²) in [6, 6.07) is 11.9. The van der Waals surface area contributed by atoms with Gasteiger partial charge in [0.15, 0.2) is 5.78 Å². The van der Waals surface area contributed by atoms with Gasteiger partial charge in [0.25, 0.3) is 5.91 Å². The number of aryl methyl sites for hydroxylation is 1. The van der Waals surface area contributed by atoms with Crippen LogP contribution in [0.25, 0.3) is 0 Å². The van der Waals surface area contributed by atoms with Crippen molar-refractivity contribution in [2.24, 2.45) is 0 Å². The topological polar surface area (TPSA) is 46.2 Å². The predicted molar refractivity (Wildman–Crippen MR) is 80.6 cm³/mol. The van der Waals surface area contributed by atoms with E-state index in [2.05, 4.69) is 5.32 Å². The molecule has 0 unspecified atom stereocenters. The van der Waals surface area contributed by atoms with Gasteiger partial charge in [-0.25, -0.2) is 0 Å². The number of hydrogen-bond donors (Lipinski definition) is 1. The first-order chi connectivity index (χ1) is 9.45. The number of carbonyl (C=O) groups excluding carboxylic acids is 2. The van der Waals surface area contributed by atoms with Crippen LogP contribution in [0.5, 0.6) is 0 Å². The van der Waals surface area contributed by atoms with E-state index in [1.807, 2.05) is 6.92 Å². The second kappa shape index (κ2) is 5.88. The highest BCUT2D eigenvalue weighted by Crippen LogP contribution is 2.17. The van der Waals surface area contributed by atoms with Crippen molar-refractivity contribution < 1.29 is 9.59 Å². The van der Waals surface area contributed by atoms with Crippen LogP contribution in [0.4, 0.5) is 5.69 Å². The first kappa shape index (κ1) is 14.3. The zero-order valence-corrected chi connectivity index (χ0v) is 12.0. The fourth-order valence-corrected chi connectivity index (χ4v) is 2.15. The number of anilines is 1. The number of rotatable bonds is 3. The van der Waals surface area contributed by atoms with Gasteiger partial charge in [0, 0.05) is 21.8 Å². The summed E-state index contributed by atoms with van der Waals surface area (Å²) in [6.45, 7) is 3.38. The average Bonchev–Trinajstić information content (AvgIpc) is 2.38. The maximum Gasteiger partial charge on any atom is 0.255 e. The minimum atomic E-state index is -0.230. The molecule has 0 radical (unpaired) electrons. The van der Waals surface area contributed by atoms with E-state index >= 15 is 0 Å². The molecular formula is C16H14ClNO2. The molecule has 20 heavy (non-hydrogen) atoms. The lowest BCUT2D eigenvalue weighted by Gasteiger charge is -2.07. The molecule has 0 saturated heterocycles. The van der Waals surface area contributed by atoms with Crippen LogP contribution < -0.4 is 5.32 Å². The Hall–Kier alpha value is -2.13. The van der Waals surface area contributed by atoms with Crippen LogP contribution in [-0.2, 0) is 0 Å². The van der Waals surface area contributed by atoms with Gasteiger partial charge in [-0.15, -0.1) is 0 Å². The van der Waals surface area contributed by atoms with Gasteiger partial charge in [-0.3, -0.25) is 9.59 Å². The van der Waals surface area contributed by atoms with E-state index in [9.17, 15) is 9.59 Å². The Morgan fingerprint density at radius 1 is 1.00 bits per heavy atom. The van der Waals surface area contributed by atoms with Crippen LogP contribution in [0.1, 0.15) is 33.2 Å². The Kier molecular flexibility index (Phi) is 4.20. The minimum Gasteiger partial charge on any atom is -0.322 e. The average molecular weight is 288 g/mol. The summed E-state index contributed by atoms with van der Waals surface area (Å²) >= 11 is 5.94. The Balaban J connectivity index is 2.16. The molecule has 2 rings (SSSR count). The van der Waals surface area contributed by atoms with Gasteiger partial charge in [-0.05, 0) is 61.9 Å². The number of nitrogens with one attached hydrogen (secondary N) is 1. The van der Waals surface area contributed by atoms with Crippen molar-refractivity contribution in [1.82, 2.24) is 0 Å². The molecule has 0 aliphatic carbocycles. The number of Topliss-reactive ketones (excluding diaryl/α,β-unsaturated/α-hetero) is 1. The van der Waals surface area contributed by atoms with Gasteiger partial charge in [0.1, 0.15) is 0 Å². The van der Waals surface area contributed by atoms with Crippen LogP contribution in [0.2, 0.25) is 5.02 Å². The van der Waals surface area contributed by atoms with E-state index < -0.39 is 0 Å². The molecule has 1 amide bonds. The summed E-state index contributed by atoms with van der Waals surface area (Å²) in [7, 11) is 0. The van der Waals surface area contributed by atoms with Crippen molar-refractivity contribution in [2.45, 2.75) is 13.8 Å². The number of hydrogen-bond acceptors (Lipinski definition) is 2. The van der Waals surface area contributed by atoms with Gasteiger partial charge in [-0.1, -0.05) is 11.6 Å². The highest BCUT2D eigenvalue weighted by atomic mass is 35.5. The van der Waals surface area contributed by atoms with Crippen LogP contribution >= 0.6 is 11.6 Å². The first-order valence-electron chi connectivity index (χ1n) is 6.15. The summed E-state index contributed by atoms with van der Waals surface area (Å²) in [6.07, 6.45) is 0. The molecule has 3 nitrogen and oxygen atoms in total. The van der Waals surface area contributed by atoms with Crippen LogP contribution in [0.15, 0.2) is 42.5 Å². The number of benzene rings is 2. The van der Waals surface area contributed by atoms with Crippen molar-refractivity contribution in [2.75, 3.05) is 5.32 Å². The van der Waals surface area contributed by atoms with Crippen LogP contribution in [0.3, 0.4) is 0 Å². The summed E-state index contributed by atoms with van der Waals surface area (Å²) in [5.41, 5.74) is 2.68. The number of carbonyl (C=O) groups is 2. The largest absolute Gasteiger partial charge is 0.322 e. The molecule has 0 fully saturated rings. The zero-order chi connectivity index (χ0) is 14.7. The molecule has 0 aliphatic heterocycles. The lowest BCUT2D eigenvalue weighted by Crippen LogP contribution is -2.12. The second-order valence-corrected chi connectivity index (χ2v) is 5.04. The Labute approximate surface area is 122 Å². The molecular weight excluding hydrogens is 274 g/mol. The van der Waals surface area contributed by atoms with Gasteiger partial charge in [0.05, 0.1) is 0 Å². The highest BCUT2D eigenvalue weighted by Gasteiger charge is 2.08. The smallest absolute Gasteiger partial charge is 0.255 e. The molecule has 2 aromatic carbocycles. The lowest BCUT2D eigenvalue weighted by atomic mass is 10.1. The fraction of sp³-hybridized carbons (Fsp3) is 0.125. The number of ketones is 1. The van der Waals surface area contributed by atoms with E-state index in [0.29, 0.717) is 21.8 Å². The molecule has 0 aliphatic rings. The lowest BCUT2D eigenvalue weighted by molar-refractivity contribution is 0.101. The third-order valence-corrected chi connectivity index (χ3v) is 3.07. The molecule has 4 heteroatoms. The van der Waals surface area contributed by atoms with E-state index in [4.69, 9.17) is 11.6 Å². The number of halogens is 1. The highest BCUT2D eigenvalue weighted by molar-refractivity contribution is 6.31. The Morgan fingerprint density at radius 2 is 1.65 bits per heavy atom. The standard InChI is InChI=1S/C16H14ClNO2/c1-10-7-13(9-14(17)8-10)16(20)18-15-5-3-12(4-6-15)11(2)19/h3-9H,1-2H3,(H,18,20). The van der Waals surface area contributed by atoms with Gasteiger partial charge in [-0.2, -0.15) is 0 Å². The third-order valence-electron chi connectivity index (χ3n) is 2.85. The van der Waals surface area contributed by atoms with Crippen molar-refractivity contribution in [3.63, 3.8) is 0 Å². The normalized spacial score (nSPS) is 10.2. The minimum absolute atomic E-state index is 0.00616. The molecule has 0 heterocycles. The van der Waals surface area contributed by atoms with Crippen molar-refractivity contribution >= 4 is 29.0 Å². The van der Waals surface area contributed by atoms with E-state index in [1.165, 1.54) is 6.92 Å². The zero-order valence-electron chi connectivity index (χ0n) is 11.2. The molecule has 0 spiro atoms. The first-order valence-corrected chi connectivity index (χ1v) is 6.53. The molecule has 0 aromatic heterocycles. The maximum atomic E-state index is 12.1. The molecule has 0 saturated carbocycles. The summed E-state index contributed by atoms with van der Waals surface area (Å²) in [5.74, 6) is -0.237. The molecule has 2 aromatic rings. The quantitative estimate of drug-likeness (QED) is 0.864. The molecule has 0 bridgehead atoms. The van der Waals surface area contributed by atoms with Gasteiger partial charge >= 0.3 is 0 Å². The fourth-order valence-electron chi connectivity index (χ4n) is 1.86. The monoisotopic (exact) mass is 287 g/mol. The van der Waals surface area contributed by atoms with Crippen molar-refractivity contribution in [3.05, 3.63) is 64.2 Å². The Bertz CT molecular complexity index is 642. The maximum absolute atomic E-state index is 12.1. The van der Waals surface area contributed by atoms with Gasteiger partial charge < -0.3 is 5.32 Å². The van der Waals surface area contributed by atoms with E-state index in [1.54, 1.807) is 42.5 Å². The Morgan fingerprint density at radius 3 is 2.20 bits per heavy atom. The number of amides is 1. The summed E-state index contributed by atoms with van der Waals surface area (Å²) in [4.78, 5) is 23.3. The molecule has 102 valence electrons. The van der Waals surface area contributed by atoms with E-state index in [-0.39, 0.29) is 11.7 Å². The van der Waals surface area contributed by atoms with Crippen molar-refractivity contribution in [3.8, 4) is 0 Å². The summed E-state index contributed by atoms with van der Waals surface area (Å²) < 4.78 is 0. The molecule has 1 N–H and O–H groups in total.